The number of carbonyl (C=O) groups is 2. The van der Waals surface area contributed by atoms with Crippen molar-refractivity contribution in [2.45, 2.75) is 45.1 Å². The molecule has 0 saturated heterocycles. The van der Waals surface area contributed by atoms with E-state index in [0.717, 1.165) is 19.3 Å². The number of benzene rings is 1. The van der Waals surface area contributed by atoms with Gasteiger partial charge in [0, 0.05) is 4.88 Å². The van der Waals surface area contributed by atoms with Gasteiger partial charge in [0.15, 0.2) is 6.10 Å². The minimum Gasteiger partial charge on any atom is -0.495 e. The lowest BCUT2D eigenvalue weighted by molar-refractivity contribution is -0.123. The molecule has 1 atom stereocenters. The van der Waals surface area contributed by atoms with Gasteiger partial charge >= 0.3 is 5.97 Å². The molecule has 138 valence electrons. The highest BCUT2D eigenvalue weighted by atomic mass is 32.1. The molecule has 0 bridgehead atoms. The van der Waals surface area contributed by atoms with Gasteiger partial charge in [-0.25, -0.2) is 4.79 Å². The molecular weight excluding hydrogens is 350 g/mol. The summed E-state index contributed by atoms with van der Waals surface area (Å²) < 4.78 is 10.6. The monoisotopic (exact) mass is 373 g/mol. The summed E-state index contributed by atoms with van der Waals surface area (Å²) in [6.07, 6.45) is 4.71. The van der Waals surface area contributed by atoms with Crippen LogP contribution in [0.2, 0.25) is 0 Å². The molecule has 0 spiro atoms. The Morgan fingerprint density at radius 1 is 1.15 bits per heavy atom. The lowest BCUT2D eigenvalue weighted by atomic mass is 10.1. The van der Waals surface area contributed by atoms with E-state index in [-0.39, 0.29) is 5.91 Å². The number of thiophene rings is 1. The smallest absolute Gasteiger partial charge is 0.349 e. The van der Waals surface area contributed by atoms with Crippen LogP contribution in [-0.2, 0) is 22.4 Å². The van der Waals surface area contributed by atoms with Gasteiger partial charge < -0.3 is 14.8 Å². The molecule has 0 saturated carbocycles. The summed E-state index contributed by atoms with van der Waals surface area (Å²) in [5, 5.41) is 2.74. The van der Waals surface area contributed by atoms with Crippen LogP contribution in [0, 0.1) is 0 Å². The fraction of sp³-hybridized carbons (Fsp3) is 0.400. The van der Waals surface area contributed by atoms with Crippen LogP contribution >= 0.6 is 11.3 Å². The summed E-state index contributed by atoms with van der Waals surface area (Å²) in [6.45, 7) is 1.57. The number of ether oxygens (including phenoxy) is 2. The molecule has 1 aliphatic rings. The number of esters is 1. The molecular formula is C20H23NO4S. The molecule has 1 amide bonds. The van der Waals surface area contributed by atoms with Crippen molar-refractivity contribution in [1.82, 2.24) is 0 Å². The van der Waals surface area contributed by atoms with Crippen LogP contribution < -0.4 is 10.1 Å². The van der Waals surface area contributed by atoms with Gasteiger partial charge in [0.25, 0.3) is 5.91 Å². The van der Waals surface area contributed by atoms with Crippen LogP contribution in [0.25, 0.3) is 0 Å². The molecule has 2 aromatic rings. The Morgan fingerprint density at radius 3 is 2.73 bits per heavy atom. The van der Waals surface area contributed by atoms with Crippen molar-refractivity contribution in [3.05, 3.63) is 45.6 Å². The number of para-hydroxylation sites is 2. The molecule has 0 aliphatic heterocycles. The van der Waals surface area contributed by atoms with Crippen LogP contribution in [0.3, 0.4) is 0 Å². The second-order valence-corrected chi connectivity index (χ2v) is 7.49. The minimum atomic E-state index is -0.894. The van der Waals surface area contributed by atoms with Gasteiger partial charge in [-0.3, -0.25) is 4.79 Å². The molecule has 0 unspecified atom stereocenters. The zero-order valence-electron chi connectivity index (χ0n) is 15.0. The quantitative estimate of drug-likeness (QED) is 0.630. The maximum absolute atomic E-state index is 12.4. The Hall–Kier alpha value is -2.34. The number of carbonyl (C=O) groups excluding carboxylic acids is 2. The Labute approximate surface area is 157 Å². The second kappa shape index (κ2) is 8.36. The zero-order valence-corrected chi connectivity index (χ0v) is 15.9. The molecule has 26 heavy (non-hydrogen) atoms. The topological polar surface area (TPSA) is 64.6 Å². The Balaban J connectivity index is 1.62. The molecule has 1 aromatic heterocycles. The van der Waals surface area contributed by atoms with Gasteiger partial charge in [-0.2, -0.15) is 0 Å². The van der Waals surface area contributed by atoms with Gasteiger partial charge in [-0.1, -0.05) is 18.6 Å². The molecule has 6 heteroatoms. The highest BCUT2D eigenvalue weighted by Gasteiger charge is 2.23. The van der Waals surface area contributed by atoms with E-state index in [4.69, 9.17) is 9.47 Å². The van der Waals surface area contributed by atoms with Crippen LogP contribution in [0.5, 0.6) is 5.75 Å². The molecule has 1 aliphatic carbocycles. The van der Waals surface area contributed by atoms with Crippen LogP contribution in [0.1, 0.15) is 46.3 Å². The number of methoxy groups -OCH3 is 1. The number of rotatable bonds is 5. The summed E-state index contributed by atoms with van der Waals surface area (Å²) in [4.78, 5) is 26.6. The first-order chi connectivity index (χ1) is 12.6. The minimum absolute atomic E-state index is 0.388. The largest absolute Gasteiger partial charge is 0.495 e. The first kappa shape index (κ1) is 18.5. The van der Waals surface area contributed by atoms with E-state index in [1.54, 1.807) is 25.1 Å². The average Bonchev–Trinajstić information content (AvgIpc) is 2.93. The van der Waals surface area contributed by atoms with Crippen LogP contribution in [-0.4, -0.2) is 25.1 Å². The fourth-order valence-corrected chi connectivity index (χ4v) is 4.16. The molecule has 5 nitrogen and oxygen atoms in total. The lowest BCUT2D eigenvalue weighted by Crippen LogP contribution is -2.29. The summed E-state index contributed by atoms with van der Waals surface area (Å²) in [5.74, 6) is -0.270. The number of nitrogens with one attached hydrogen (secondary N) is 1. The molecule has 1 aromatic carbocycles. The number of fused-ring (bicyclic) bond motifs is 1. The number of amides is 1. The molecule has 0 radical (unpaired) electrons. The van der Waals surface area contributed by atoms with Crippen molar-refractivity contribution in [2.24, 2.45) is 0 Å². The summed E-state index contributed by atoms with van der Waals surface area (Å²) in [5.41, 5.74) is 1.80. The number of anilines is 1. The van der Waals surface area contributed by atoms with E-state index in [1.165, 1.54) is 41.7 Å². The van der Waals surface area contributed by atoms with Gasteiger partial charge in [-0.15, -0.1) is 11.3 Å². The van der Waals surface area contributed by atoms with Gasteiger partial charge in [0.2, 0.25) is 0 Å². The van der Waals surface area contributed by atoms with E-state index >= 15 is 0 Å². The van der Waals surface area contributed by atoms with Crippen molar-refractivity contribution in [2.75, 3.05) is 12.4 Å². The zero-order chi connectivity index (χ0) is 18.5. The highest BCUT2D eigenvalue weighted by molar-refractivity contribution is 7.14. The standard InChI is InChI=1S/C20H23NO4S/c1-13(19(22)21-15-9-6-7-10-16(15)24-2)25-20(23)18-12-14-8-4-3-5-11-17(14)26-18/h6-7,9-10,12-13H,3-5,8,11H2,1-2H3,(H,21,22)/t13-/m0/s1. The molecule has 3 rings (SSSR count). The van der Waals surface area contributed by atoms with Crippen molar-refractivity contribution in [3.8, 4) is 5.75 Å². The van der Waals surface area contributed by atoms with E-state index < -0.39 is 12.1 Å². The predicted octanol–water partition coefficient (Wildman–Crippen LogP) is 4.21. The summed E-state index contributed by atoms with van der Waals surface area (Å²) in [7, 11) is 1.54. The van der Waals surface area contributed by atoms with Crippen molar-refractivity contribution in [3.63, 3.8) is 0 Å². The highest BCUT2D eigenvalue weighted by Crippen LogP contribution is 2.29. The van der Waals surface area contributed by atoms with Crippen molar-refractivity contribution in [1.29, 1.82) is 0 Å². The van der Waals surface area contributed by atoms with Crippen LogP contribution in [0.4, 0.5) is 5.69 Å². The van der Waals surface area contributed by atoms with Crippen LogP contribution in [0.15, 0.2) is 30.3 Å². The Bertz CT molecular complexity index is 775. The molecule has 1 N–H and O–H groups in total. The maximum Gasteiger partial charge on any atom is 0.349 e. The third kappa shape index (κ3) is 4.25. The SMILES string of the molecule is COc1ccccc1NC(=O)[C@H](C)OC(=O)c1cc2c(s1)CCCCC2. The third-order valence-corrected chi connectivity index (χ3v) is 5.68. The first-order valence-corrected chi connectivity index (χ1v) is 9.66. The van der Waals surface area contributed by atoms with Crippen molar-refractivity contribution >= 4 is 28.9 Å². The van der Waals surface area contributed by atoms with Gasteiger partial charge in [0.05, 0.1) is 12.8 Å². The molecule has 0 fully saturated rings. The van der Waals surface area contributed by atoms with E-state index in [1.807, 2.05) is 12.1 Å². The average molecular weight is 373 g/mol. The van der Waals surface area contributed by atoms with Crippen molar-refractivity contribution < 1.29 is 19.1 Å². The third-order valence-electron chi connectivity index (χ3n) is 4.47. The van der Waals surface area contributed by atoms with E-state index in [0.29, 0.717) is 16.3 Å². The van der Waals surface area contributed by atoms with Gasteiger partial charge in [-0.05, 0) is 56.4 Å². The van der Waals surface area contributed by atoms with E-state index in [2.05, 4.69) is 5.32 Å². The second-order valence-electron chi connectivity index (χ2n) is 6.36. The predicted molar refractivity (Wildman–Crippen MR) is 102 cm³/mol. The van der Waals surface area contributed by atoms with E-state index in [9.17, 15) is 9.59 Å². The molecule has 1 heterocycles. The first-order valence-electron chi connectivity index (χ1n) is 8.85. The number of hydrogen-bond donors (Lipinski definition) is 1. The number of hydrogen-bond acceptors (Lipinski definition) is 5. The summed E-state index contributed by atoms with van der Waals surface area (Å²) in [6, 6.07) is 9.04. The Morgan fingerprint density at radius 2 is 1.92 bits per heavy atom. The fourth-order valence-electron chi connectivity index (χ4n) is 3.02. The Kier molecular flexibility index (Phi) is 5.93. The normalized spacial score (nSPS) is 14.7. The maximum atomic E-state index is 12.4. The number of aryl methyl sites for hydroxylation is 2. The summed E-state index contributed by atoms with van der Waals surface area (Å²) >= 11 is 1.49. The van der Waals surface area contributed by atoms with Gasteiger partial charge in [0.1, 0.15) is 10.6 Å². The lowest BCUT2D eigenvalue weighted by Gasteiger charge is -2.14.